The highest BCUT2D eigenvalue weighted by Crippen LogP contribution is 2.38. The van der Waals surface area contributed by atoms with E-state index in [2.05, 4.69) is 42.2 Å². The number of benzene rings is 2. The number of carbonyl (C=O) groups excluding carboxylic acids is 1. The molecule has 1 N–H and O–H groups in total. The molecule has 8 heteroatoms. The van der Waals surface area contributed by atoms with Gasteiger partial charge in [0.15, 0.2) is 16.7 Å². The monoisotopic (exact) mass is 496 g/mol. The van der Waals surface area contributed by atoms with Gasteiger partial charge in [0.05, 0.1) is 29.3 Å². The normalized spacial score (nSPS) is 16.8. The predicted octanol–water partition coefficient (Wildman–Crippen LogP) is 5.12. The van der Waals surface area contributed by atoms with Crippen molar-refractivity contribution < 1.29 is 14.3 Å². The van der Waals surface area contributed by atoms with Crippen molar-refractivity contribution >= 4 is 66.5 Å². The van der Waals surface area contributed by atoms with Gasteiger partial charge in [-0.1, -0.05) is 22.0 Å². The molecule has 1 heterocycles. The third kappa shape index (κ3) is 4.31. The molecule has 1 saturated heterocycles. The van der Waals surface area contributed by atoms with E-state index < -0.39 is 0 Å². The summed E-state index contributed by atoms with van der Waals surface area (Å²) in [6.45, 7) is 0. The maximum atomic E-state index is 12.3. The Morgan fingerprint density at radius 1 is 1.15 bits per heavy atom. The first-order chi connectivity index (χ1) is 12.5. The van der Waals surface area contributed by atoms with Gasteiger partial charge in [0.1, 0.15) is 0 Å². The van der Waals surface area contributed by atoms with E-state index in [4.69, 9.17) is 9.47 Å². The zero-order valence-corrected chi connectivity index (χ0v) is 17.9. The number of aliphatic imine (C=N–C) groups is 1. The molecule has 0 saturated carbocycles. The molecule has 0 spiro atoms. The average molecular weight is 498 g/mol. The molecule has 0 aromatic heterocycles. The summed E-state index contributed by atoms with van der Waals surface area (Å²) in [5, 5.41) is 3.32. The number of thioether (sulfide) groups is 1. The summed E-state index contributed by atoms with van der Waals surface area (Å²) < 4.78 is 12.3. The fraction of sp³-hybridized carbons (Fsp3) is 0.111. The van der Waals surface area contributed by atoms with E-state index >= 15 is 0 Å². The number of ether oxygens (including phenoxy) is 2. The Labute approximate surface area is 172 Å². The lowest BCUT2D eigenvalue weighted by molar-refractivity contribution is -0.115. The van der Waals surface area contributed by atoms with Crippen molar-refractivity contribution in [2.75, 3.05) is 14.2 Å². The minimum Gasteiger partial charge on any atom is -0.493 e. The van der Waals surface area contributed by atoms with Gasteiger partial charge in [0.25, 0.3) is 5.91 Å². The SMILES string of the molecule is COc1cc(/C=C2/SC(=Nc3cccc(Br)c3)NC2=O)cc(Br)c1OC. The van der Waals surface area contributed by atoms with Gasteiger partial charge >= 0.3 is 0 Å². The van der Waals surface area contributed by atoms with Crippen molar-refractivity contribution in [3.05, 3.63) is 55.8 Å². The highest BCUT2D eigenvalue weighted by atomic mass is 79.9. The molecule has 0 radical (unpaired) electrons. The summed E-state index contributed by atoms with van der Waals surface area (Å²) in [6, 6.07) is 11.2. The molecule has 1 amide bonds. The lowest BCUT2D eigenvalue weighted by Gasteiger charge is -2.10. The molecule has 2 aromatic rings. The van der Waals surface area contributed by atoms with Crippen molar-refractivity contribution in [2.24, 2.45) is 4.99 Å². The molecule has 0 bridgehead atoms. The first-order valence-electron chi connectivity index (χ1n) is 7.47. The molecule has 1 aliphatic heterocycles. The van der Waals surface area contributed by atoms with Crippen LogP contribution in [0.1, 0.15) is 5.56 Å². The van der Waals surface area contributed by atoms with E-state index in [0.29, 0.717) is 21.6 Å². The van der Waals surface area contributed by atoms with Crippen LogP contribution >= 0.6 is 43.6 Å². The van der Waals surface area contributed by atoms with Crippen LogP contribution in [0.25, 0.3) is 6.08 Å². The molecular weight excluding hydrogens is 484 g/mol. The van der Waals surface area contributed by atoms with E-state index in [1.165, 1.54) is 11.8 Å². The Balaban J connectivity index is 1.88. The number of hydrogen-bond acceptors (Lipinski definition) is 5. The maximum absolute atomic E-state index is 12.3. The third-order valence-corrected chi connectivity index (χ3v) is 5.44. The number of rotatable bonds is 4. The van der Waals surface area contributed by atoms with Crippen molar-refractivity contribution in [1.29, 1.82) is 0 Å². The van der Waals surface area contributed by atoms with Gasteiger partial charge in [0.2, 0.25) is 0 Å². The quantitative estimate of drug-likeness (QED) is 0.595. The maximum Gasteiger partial charge on any atom is 0.264 e. The van der Waals surface area contributed by atoms with Gasteiger partial charge in [-0.15, -0.1) is 0 Å². The van der Waals surface area contributed by atoms with Gasteiger partial charge in [-0.3, -0.25) is 4.79 Å². The summed E-state index contributed by atoms with van der Waals surface area (Å²) >= 11 is 8.16. The smallest absolute Gasteiger partial charge is 0.264 e. The number of methoxy groups -OCH3 is 2. The molecule has 1 aliphatic rings. The summed E-state index contributed by atoms with van der Waals surface area (Å²) in [6.07, 6.45) is 1.79. The predicted molar refractivity (Wildman–Crippen MR) is 112 cm³/mol. The van der Waals surface area contributed by atoms with E-state index in [0.717, 1.165) is 20.2 Å². The number of amides is 1. The number of amidine groups is 1. The van der Waals surface area contributed by atoms with E-state index in [-0.39, 0.29) is 5.91 Å². The van der Waals surface area contributed by atoms with Crippen molar-refractivity contribution in [3.8, 4) is 11.5 Å². The number of nitrogens with zero attached hydrogens (tertiary/aromatic N) is 1. The summed E-state index contributed by atoms with van der Waals surface area (Å²) in [7, 11) is 3.15. The topological polar surface area (TPSA) is 59.9 Å². The van der Waals surface area contributed by atoms with E-state index in [1.54, 1.807) is 20.3 Å². The molecule has 3 rings (SSSR count). The van der Waals surface area contributed by atoms with Gasteiger partial charge in [-0.25, -0.2) is 4.99 Å². The number of halogens is 2. The lowest BCUT2D eigenvalue weighted by Crippen LogP contribution is -2.19. The molecule has 1 fully saturated rings. The minimum absolute atomic E-state index is 0.186. The Kier molecular flexibility index (Phi) is 6.05. The molecule has 26 heavy (non-hydrogen) atoms. The molecule has 0 unspecified atom stereocenters. The van der Waals surface area contributed by atoms with Crippen LogP contribution in [0.2, 0.25) is 0 Å². The zero-order valence-electron chi connectivity index (χ0n) is 13.9. The zero-order chi connectivity index (χ0) is 18.7. The second kappa shape index (κ2) is 8.28. The Bertz CT molecular complexity index is 929. The highest BCUT2D eigenvalue weighted by molar-refractivity contribution is 9.10. The van der Waals surface area contributed by atoms with Crippen LogP contribution in [0, 0.1) is 0 Å². The first kappa shape index (κ1) is 19.0. The van der Waals surface area contributed by atoms with Crippen LogP contribution in [0.3, 0.4) is 0 Å². The molecule has 2 aromatic carbocycles. The first-order valence-corrected chi connectivity index (χ1v) is 9.87. The van der Waals surface area contributed by atoms with Gasteiger partial charge in [-0.05, 0) is 69.7 Å². The second-order valence-corrected chi connectivity index (χ2v) is 8.00. The van der Waals surface area contributed by atoms with Crippen LogP contribution in [0.5, 0.6) is 11.5 Å². The summed E-state index contributed by atoms with van der Waals surface area (Å²) in [5.41, 5.74) is 1.58. The Hall–Kier alpha value is -1.77. The standard InChI is InChI=1S/C18H14Br2N2O3S/c1-24-14-7-10(6-13(20)16(14)25-2)8-15-17(23)22-18(26-15)21-12-5-3-4-11(19)9-12/h3-9H,1-2H3,(H,21,22,23)/b15-8+. The van der Waals surface area contributed by atoms with Crippen molar-refractivity contribution in [1.82, 2.24) is 5.32 Å². The largest absolute Gasteiger partial charge is 0.493 e. The lowest BCUT2D eigenvalue weighted by atomic mass is 10.2. The molecule has 0 aliphatic carbocycles. The van der Waals surface area contributed by atoms with Crippen molar-refractivity contribution in [2.45, 2.75) is 0 Å². The van der Waals surface area contributed by atoms with Crippen molar-refractivity contribution in [3.63, 3.8) is 0 Å². The molecule has 5 nitrogen and oxygen atoms in total. The molecule has 134 valence electrons. The van der Waals surface area contributed by atoms with Crippen LogP contribution < -0.4 is 14.8 Å². The molecular formula is C18H14Br2N2O3S. The van der Waals surface area contributed by atoms with Crippen LogP contribution in [0.4, 0.5) is 5.69 Å². The van der Waals surface area contributed by atoms with Crippen LogP contribution in [-0.2, 0) is 4.79 Å². The van der Waals surface area contributed by atoms with Crippen LogP contribution in [0.15, 0.2) is 55.2 Å². The number of hydrogen-bond donors (Lipinski definition) is 1. The third-order valence-electron chi connectivity index (χ3n) is 3.44. The fourth-order valence-electron chi connectivity index (χ4n) is 2.32. The second-order valence-electron chi connectivity index (χ2n) is 5.20. The number of nitrogens with one attached hydrogen (secondary N) is 1. The van der Waals surface area contributed by atoms with E-state index in [9.17, 15) is 4.79 Å². The van der Waals surface area contributed by atoms with Gasteiger partial charge < -0.3 is 14.8 Å². The van der Waals surface area contributed by atoms with Gasteiger partial charge in [-0.2, -0.15) is 0 Å². The fourth-order valence-corrected chi connectivity index (χ4v) is 4.17. The number of carbonyl (C=O) groups is 1. The average Bonchev–Trinajstić information content (AvgIpc) is 2.93. The van der Waals surface area contributed by atoms with Crippen LogP contribution in [-0.4, -0.2) is 25.3 Å². The Morgan fingerprint density at radius 3 is 2.65 bits per heavy atom. The summed E-state index contributed by atoms with van der Waals surface area (Å²) in [4.78, 5) is 17.3. The highest BCUT2D eigenvalue weighted by Gasteiger charge is 2.24. The minimum atomic E-state index is -0.186. The Morgan fingerprint density at radius 2 is 1.96 bits per heavy atom. The van der Waals surface area contributed by atoms with Gasteiger partial charge in [0, 0.05) is 4.47 Å². The van der Waals surface area contributed by atoms with E-state index in [1.807, 2.05) is 36.4 Å². The molecule has 0 atom stereocenters. The summed E-state index contributed by atoms with van der Waals surface area (Å²) in [5.74, 6) is 1.00.